The molecule has 6 heterocycles. The third-order valence-electron chi connectivity index (χ3n) is 18.2. The first kappa shape index (κ1) is 41.1. The zero-order chi connectivity index (χ0) is 44.5. The number of esters is 2. The highest BCUT2D eigenvalue weighted by Crippen LogP contribution is 2.67. The Labute approximate surface area is 391 Å². The number of thiophene rings is 2. The monoisotopic (exact) mass is 932 g/mol. The van der Waals surface area contributed by atoms with Gasteiger partial charge in [0.05, 0.1) is 41.0 Å². The first-order chi connectivity index (χ1) is 32.0. The molecule has 0 radical (unpaired) electrons. The Balaban J connectivity index is 0.629. The van der Waals surface area contributed by atoms with Crippen LogP contribution in [0.25, 0.3) is 9.40 Å². The van der Waals surface area contributed by atoms with E-state index < -0.39 is 40.3 Å². The quantitative estimate of drug-likeness (QED) is 0.111. The van der Waals surface area contributed by atoms with Crippen LogP contribution in [-0.2, 0) is 50.9 Å². The van der Waals surface area contributed by atoms with E-state index in [9.17, 15) is 29.7 Å². The number of hydrogen-bond donors (Lipinski definition) is 3. The van der Waals surface area contributed by atoms with E-state index >= 15 is 0 Å². The van der Waals surface area contributed by atoms with Gasteiger partial charge in [0.1, 0.15) is 6.10 Å². The van der Waals surface area contributed by atoms with Crippen LogP contribution in [0, 0.1) is 11.8 Å². The molecule has 2 spiro atoms. The molecule has 4 aliphatic heterocycles. The molecule has 14 rings (SSSR count). The summed E-state index contributed by atoms with van der Waals surface area (Å²) in [5.74, 6) is 2.38. The molecule has 2 saturated heterocycles. The SMILES string of the molecule is O=C(CCc1cc2sc(CCC(=O)Oc3ccc4c5c3O[C@H]3C(O)CC[C@@]6(O)[C@@H](C4)N(CC4CC4)CC[C@]536)cc2s1)Oc1ccc2c3c1O[C@H]1C(=O)CC[C@@]4(O)[C@@H](C2)N(CC2CC2)CC[C@]314. The van der Waals surface area contributed by atoms with Gasteiger partial charge >= 0.3 is 11.9 Å². The molecule has 346 valence electrons. The van der Waals surface area contributed by atoms with Crippen LogP contribution in [0.3, 0.4) is 0 Å². The number of rotatable bonds is 12. The van der Waals surface area contributed by atoms with E-state index in [2.05, 4.69) is 21.9 Å². The van der Waals surface area contributed by atoms with Crippen LogP contribution in [0.1, 0.15) is 109 Å². The number of carbonyl (C=O) groups is 3. The van der Waals surface area contributed by atoms with Gasteiger partial charge in [-0.15, -0.1) is 22.7 Å². The number of ether oxygens (including phenoxy) is 4. The molecule has 1 unspecified atom stereocenters. The van der Waals surface area contributed by atoms with Crippen LogP contribution >= 0.6 is 22.7 Å². The molecule has 2 aromatic carbocycles. The zero-order valence-corrected chi connectivity index (χ0v) is 38.7. The molecule has 4 aromatic rings. The van der Waals surface area contributed by atoms with Crippen molar-refractivity contribution in [2.45, 2.75) is 155 Å². The molecule has 2 aromatic heterocycles. The summed E-state index contributed by atoms with van der Waals surface area (Å²) in [4.78, 5) is 47.5. The largest absolute Gasteiger partial charge is 0.482 e. The predicted octanol–water partition coefficient (Wildman–Crippen LogP) is 6.10. The van der Waals surface area contributed by atoms with Crippen molar-refractivity contribution in [3.63, 3.8) is 0 Å². The molecular formula is C52H56N2O10S2. The third kappa shape index (κ3) is 5.69. The Morgan fingerprint density at radius 1 is 0.697 bits per heavy atom. The highest BCUT2D eigenvalue weighted by Gasteiger charge is 2.74. The maximum absolute atomic E-state index is 13.5. The lowest BCUT2D eigenvalue weighted by atomic mass is 9.48. The fraction of sp³-hybridized carbons (Fsp3) is 0.596. The van der Waals surface area contributed by atoms with Gasteiger partial charge in [-0.25, -0.2) is 0 Å². The van der Waals surface area contributed by atoms with Crippen molar-refractivity contribution in [3.05, 3.63) is 68.4 Å². The van der Waals surface area contributed by atoms with Crippen LogP contribution in [0.4, 0.5) is 0 Å². The Morgan fingerprint density at radius 3 is 1.80 bits per heavy atom. The smallest absolute Gasteiger partial charge is 0.311 e. The number of aliphatic hydroxyl groups is 3. The lowest BCUT2D eigenvalue weighted by Crippen LogP contribution is -2.77. The fourth-order valence-electron chi connectivity index (χ4n) is 14.8. The molecule has 14 heteroatoms. The summed E-state index contributed by atoms with van der Waals surface area (Å²) in [5, 5.41) is 36.6. The zero-order valence-electron chi connectivity index (χ0n) is 37.1. The summed E-state index contributed by atoms with van der Waals surface area (Å²) in [6, 6.07) is 11.9. The van der Waals surface area contributed by atoms with E-state index in [0.29, 0.717) is 86.2 Å². The van der Waals surface area contributed by atoms with Crippen molar-refractivity contribution in [2.75, 3.05) is 26.2 Å². The lowest BCUT2D eigenvalue weighted by Gasteiger charge is -2.63. The molecule has 10 aliphatic rings. The number of carbonyl (C=O) groups excluding carboxylic acids is 3. The second kappa shape index (κ2) is 14.3. The summed E-state index contributed by atoms with van der Waals surface area (Å²) in [7, 11) is 0. The maximum Gasteiger partial charge on any atom is 0.311 e. The number of aliphatic hydroxyl groups excluding tert-OH is 1. The molecule has 3 N–H and O–H groups in total. The molecule has 0 amide bonds. The minimum atomic E-state index is -1.07. The second-order valence-corrected chi connectivity index (χ2v) is 24.0. The Bertz CT molecular complexity index is 2730. The number of piperidine rings is 2. The number of hydrogen-bond acceptors (Lipinski definition) is 14. The average Bonchev–Trinajstić information content (AvgIpc) is 4.14. The van der Waals surface area contributed by atoms with E-state index in [1.54, 1.807) is 22.7 Å². The lowest BCUT2D eigenvalue weighted by molar-refractivity contribution is -0.208. The molecule has 66 heavy (non-hydrogen) atoms. The predicted molar refractivity (Wildman–Crippen MR) is 245 cm³/mol. The molecule has 6 fully saturated rings. The summed E-state index contributed by atoms with van der Waals surface area (Å²) in [6.07, 6.45) is 8.84. The van der Waals surface area contributed by atoms with Gasteiger partial charge in [-0.1, -0.05) is 12.1 Å². The summed E-state index contributed by atoms with van der Waals surface area (Å²) < 4.78 is 27.4. The van der Waals surface area contributed by atoms with Crippen LogP contribution in [0.5, 0.6) is 23.0 Å². The molecular weight excluding hydrogens is 877 g/mol. The van der Waals surface area contributed by atoms with Gasteiger partial charge in [0.2, 0.25) is 0 Å². The number of aryl methyl sites for hydroxylation is 2. The Kier molecular flexibility index (Phi) is 8.93. The van der Waals surface area contributed by atoms with Gasteiger partial charge in [0.25, 0.3) is 0 Å². The number of nitrogens with zero attached hydrogens (tertiary/aromatic N) is 2. The van der Waals surface area contributed by atoms with E-state index in [-0.39, 0.29) is 49.1 Å². The number of fused-ring (bicyclic) bond motifs is 1. The number of ketones is 1. The number of likely N-dealkylation sites (tertiary alicyclic amines) is 2. The Hall–Kier alpha value is -3.89. The molecule has 6 aliphatic carbocycles. The van der Waals surface area contributed by atoms with Crippen molar-refractivity contribution in [3.8, 4) is 23.0 Å². The van der Waals surface area contributed by atoms with E-state index in [0.717, 1.165) is 74.0 Å². The van der Waals surface area contributed by atoms with Gasteiger partial charge < -0.3 is 34.3 Å². The van der Waals surface area contributed by atoms with Gasteiger partial charge in [-0.05, 0) is 144 Å². The third-order valence-corrected chi connectivity index (χ3v) is 20.6. The topological polar surface area (TPSA) is 155 Å². The van der Waals surface area contributed by atoms with Gasteiger partial charge in [-0.3, -0.25) is 24.2 Å². The molecule has 9 atom stereocenters. The Morgan fingerprint density at radius 2 is 1.23 bits per heavy atom. The fourth-order valence-corrected chi connectivity index (χ4v) is 17.3. The van der Waals surface area contributed by atoms with E-state index in [1.165, 1.54) is 25.7 Å². The van der Waals surface area contributed by atoms with Crippen LogP contribution in [0.15, 0.2) is 36.4 Å². The second-order valence-electron chi connectivity index (χ2n) is 21.7. The first-order valence-corrected chi connectivity index (χ1v) is 26.3. The maximum atomic E-state index is 13.5. The number of Topliss-reactive ketones (excluding diaryl/α,β-unsaturated/α-hetero) is 1. The van der Waals surface area contributed by atoms with Crippen LogP contribution in [0.2, 0.25) is 0 Å². The highest BCUT2D eigenvalue weighted by molar-refractivity contribution is 7.27. The first-order valence-electron chi connectivity index (χ1n) is 24.7. The summed E-state index contributed by atoms with van der Waals surface area (Å²) in [5.41, 5.74) is 0.433. The normalized spacial score (nSPS) is 35.6. The molecule has 12 nitrogen and oxygen atoms in total. The van der Waals surface area contributed by atoms with Crippen LogP contribution in [-0.4, -0.2) is 111 Å². The number of benzene rings is 2. The average molecular weight is 933 g/mol. The van der Waals surface area contributed by atoms with Crippen molar-refractivity contribution >= 4 is 49.8 Å². The van der Waals surface area contributed by atoms with Gasteiger partial charge in [-0.2, -0.15) is 0 Å². The van der Waals surface area contributed by atoms with E-state index in [4.69, 9.17) is 18.9 Å². The molecule has 4 saturated carbocycles. The van der Waals surface area contributed by atoms with Crippen molar-refractivity contribution in [1.29, 1.82) is 0 Å². The summed E-state index contributed by atoms with van der Waals surface area (Å²) in [6.45, 7) is 3.69. The molecule has 4 bridgehead atoms. The minimum absolute atomic E-state index is 0.0176. The van der Waals surface area contributed by atoms with Crippen molar-refractivity contribution < 1.29 is 48.7 Å². The van der Waals surface area contributed by atoms with E-state index in [1.807, 2.05) is 24.3 Å². The van der Waals surface area contributed by atoms with Gasteiger partial charge in [0, 0.05) is 61.9 Å². The highest BCUT2D eigenvalue weighted by atomic mass is 32.1. The standard InChI is InChI=1S/C52H56N2O10S2/c55-33-13-15-51(59)39-21-29-5-9-35(45-43(29)49(51,47(33)63-45)17-19-53(39)25-27-1-2-27)61-41(57)11-7-31-23-37-38(65-31)24-32(66-37)8-12-42(58)62-36-10-6-30-22-40-52(60)16-14-34(56)48-50(52,44(30)46(36)64-48)18-20-54(40)26-28-3-4-28/h5-6,9-10,23-24,27-28,33,39-40,47-48,55,59-60H,1-4,7-8,11-22,25-26H2/t33?,39-,40-,47+,48+,49+,50+,51-,52-/m1/s1. The van der Waals surface area contributed by atoms with Gasteiger partial charge in [0.15, 0.2) is 34.9 Å². The van der Waals surface area contributed by atoms with Crippen molar-refractivity contribution in [2.24, 2.45) is 11.8 Å². The van der Waals surface area contributed by atoms with Crippen LogP contribution < -0.4 is 18.9 Å². The minimum Gasteiger partial charge on any atom is -0.482 e. The summed E-state index contributed by atoms with van der Waals surface area (Å²) >= 11 is 3.28. The van der Waals surface area contributed by atoms with Crippen molar-refractivity contribution in [1.82, 2.24) is 9.80 Å².